The van der Waals surface area contributed by atoms with Crippen LogP contribution in [-0.2, 0) is 0 Å². The van der Waals surface area contributed by atoms with Crippen LogP contribution >= 0.6 is 23.4 Å². The molecule has 1 atom stereocenters. The zero-order chi connectivity index (χ0) is 10.6. The smallest absolute Gasteiger partial charge is 0.156 e. The Morgan fingerprint density at radius 1 is 1.57 bits per heavy atom. The number of nitrogen functional groups attached to an aromatic ring is 1. The molecule has 1 aromatic rings. The topological polar surface area (TPSA) is 51.8 Å². The van der Waals surface area contributed by atoms with Gasteiger partial charge in [0.05, 0.1) is 0 Å². The van der Waals surface area contributed by atoms with E-state index in [1.807, 2.05) is 0 Å². The third-order valence-electron chi connectivity index (χ3n) is 2.00. The van der Waals surface area contributed by atoms with Crippen LogP contribution in [0, 0.1) is 5.92 Å². The molecule has 14 heavy (non-hydrogen) atoms. The summed E-state index contributed by atoms with van der Waals surface area (Å²) in [5, 5.41) is 1.12. The molecule has 0 fully saturated rings. The molecule has 1 rings (SSSR count). The number of aromatic nitrogens is 2. The zero-order valence-corrected chi connectivity index (χ0v) is 9.90. The van der Waals surface area contributed by atoms with Crippen LogP contribution in [0.15, 0.2) is 11.4 Å². The Morgan fingerprint density at radius 2 is 2.29 bits per heavy atom. The van der Waals surface area contributed by atoms with E-state index < -0.39 is 0 Å². The van der Waals surface area contributed by atoms with Crippen LogP contribution in [0.2, 0.25) is 5.15 Å². The molecule has 0 spiro atoms. The summed E-state index contributed by atoms with van der Waals surface area (Å²) in [5.41, 5.74) is 6.22. The summed E-state index contributed by atoms with van der Waals surface area (Å²) in [6.45, 7) is 4.37. The van der Waals surface area contributed by atoms with Crippen LogP contribution in [0.3, 0.4) is 0 Å². The third-order valence-corrected chi connectivity index (χ3v) is 3.64. The lowest BCUT2D eigenvalue weighted by molar-refractivity contribution is 0.636. The van der Waals surface area contributed by atoms with Crippen molar-refractivity contribution >= 4 is 29.1 Å². The molecular weight excluding hydrogens is 218 g/mol. The molecule has 5 heteroatoms. The van der Waals surface area contributed by atoms with Crippen LogP contribution in [0.1, 0.15) is 20.3 Å². The molecule has 1 aromatic heterocycles. The molecule has 1 heterocycles. The monoisotopic (exact) mass is 231 g/mol. The fourth-order valence-electron chi connectivity index (χ4n) is 0.813. The Hall–Kier alpha value is -0.480. The maximum Gasteiger partial charge on any atom is 0.156 e. The van der Waals surface area contributed by atoms with Gasteiger partial charge in [0.2, 0.25) is 0 Å². The van der Waals surface area contributed by atoms with E-state index in [0.29, 0.717) is 16.8 Å². The van der Waals surface area contributed by atoms with Gasteiger partial charge in [-0.1, -0.05) is 31.9 Å². The summed E-state index contributed by atoms with van der Waals surface area (Å²) < 4.78 is 0. The molecule has 3 nitrogen and oxygen atoms in total. The minimum absolute atomic E-state index is 0.339. The normalized spacial score (nSPS) is 12.8. The first-order chi connectivity index (χ1) is 6.65. The minimum atomic E-state index is 0.339. The predicted octanol–water partition coefficient (Wildman–Crippen LogP) is 2.85. The van der Waals surface area contributed by atoms with Crippen LogP contribution in [0.25, 0.3) is 0 Å². The van der Waals surface area contributed by atoms with Crippen molar-refractivity contribution < 1.29 is 0 Å². The van der Waals surface area contributed by atoms with Gasteiger partial charge in [0.25, 0.3) is 0 Å². The van der Waals surface area contributed by atoms with E-state index in [-0.39, 0.29) is 0 Å². The van der Waals surface area contributed by atoms with E-state index in [0.717, 1.165) is 17.2 Å². The lowest BCUT2D eigenvalue weighted by Crippen LogP contribution is -1.99. The Bertz CT molecular complexity index is 306. The van der Waals surface area contributed by atoms with Gasteiger partial charge in [-0.2, -0.15) is 0 Å². The van der Waals surface area contributed by atoms with Crippen molar-refractivity contribution in [2.75, 3.05) is 11.5 Å². The number of halogens is 1. The molecule has 0 aromatic carbocycles. The minimum Gasteiger partial charge on any atom is -0.394 e. The fraction of sp³-hybridized carbons (Fsp3) is 0.556. The Morgan fingerprint density at radius 3 is 2.93 bits per heavy atom. The first-order valence-corrected chi connectivity index (χ1v) is 5.90. The Balaban J connectivity index is 2.63. The highest BCUT2D eigenvalue weighted by molar-refractivity contribution is 7.99. The van der Waals surface area contributed by atoms with Crippen molar-refractivity contribution in [3.05, 3.63) is 11.5 Å². The molecule has 0 aliphatic carbocycles. The largest absolute Gasteiger partial charge is 0.394 e. The van der Waals surface area contributed by atoms with Crippen molar-refractivity contribution in [2.24, 2.45) is 5.92 Å². The standard InChI is InChI=1S/C9H14ClN3S/c1-3-6(2)4-14-9-7(11)8(10)12-5-13-9/h5-6H,3-4,11H2,1-2H3. The van der Waals surface area contributed by atoms with Gasteiger partial charge in [0, 0.05) is 5.75 Å². The van der Waals surface area contributed by atoms with Crippen LogP contribution in [0.5, 0.6) is 0 Å². The molecular formula is C9H14ClN3S. The summed E-state index contributed by atoms with van der Waals surface area (Å²) in [5.74, 6) is 1.67. The van der Waals surface area contributed by atoms with E-state index in [2.05, 4.69) is 23.8 Å². The second-order valence-corrected chi connectivity index (χ2v) is 4.57. The van der Waals surface area contributed by atoms with Gasteiger partial charge < -0.3 is 5.73 Å². The molecule has 2 N–H and O–H groups in total. The molecule has 0 amide bonds. The van der Waals surface area contributed by atoms with Gasteiger partial charge in [0.15, 0.2) is 5.15 Å². The first kappa shape index (κ1) is 11.6. The van der Waals surface area contributed by atoms with Gasteiger partial charge in [-0.3, -0.25) is 0 Å². The molecule has 1 unspecified atom stereocenters. The van der Waals surface area contributed by atoms with E-state index in [4.69, 9.17) is 17.3 Å². The Kier molecular flexibility index (Phi) is 4.48. The highest BCUT2D eigenvalue weighted by Gasteiger charge is 2.08. The summed E-state index contributed by atoms with van der Waals surface area (Å²) >= 11 is 7.41. The first-order valence-electron chi connectivity index (χ1n) is 4.54. The van der Waals surface area contributed by atoms with Crippen LogP contribution < -0.4 is 5.73 Å². The number of anilines is 1. The number of hydrogen-bond acceptors (Lipinski definition) is 4. The highest BCUT2D eigenvalue weighted by Crippen LogP contribution is 2.28. The maximum absolute atomic E-state index is 5.77. The van der Waals surface area contributed by atoms with Gasteiger partial charge in [-0.25, -0.2) is 9.97 Å². The van der Waals surface area contributed by atoms with Gasteiger partial charge >= 0.3 is 0 Å². The highest BCUT2D eigenvalue weighted by atomic mass is 35.5. The average molecular weight is 232 g/mol. The van der Waals surface area contributed by atoms with Crippen molar-refractivity contribution in [1.29, 1.82) is 0 Å². The number of nitrogens with two attached hydrogens (primary N) is 1. The Labute approximate surface area is 93.5 Å². The van der Waals surface area contributed by atoms with E-state index >= 15 is 0 Å². The number of nitrogens with zero attached hydrogens (tertiary/aromatic N) is 2. The predicted molar refractivity (Wildman–Crippen MR) is 61.6 cm³/mol. The number of rotatable bonds is 4. The quantitative estimate of drug-likeness (QED) is 0.640. The second kappa shape index (κ2) is 5.41. The fourth-order valence-corrected chi connectivity index (χ4v) is 2.05. The van der Waals surface area contributed by atoms with Crippen LogP contribution in [0.4, 0.5) is 5.69 Å². The van der Waals surface area contributed by atoms with E-state index in [1.165, 1.54) is 6.33 Å². The lowest BCUT2D eigenvalue weighted by Gasteiger charge is -2.08. The van der Waals surface area contributed by atoms with Gasteiger partial charge in [-0.15, -0.1) is 11.8 Å². The third kappa shape index (κ3) is 3.03. The van der Waals surface area contributed by atoms with E-state index in [9.17, 15) is 0 Å². The van der Waals surface area contributed by atoms with Crippen molar-refractivity contribution in [3.63, 3.8) is 0 Å². The summed E-state index contributed by atoms with van der Waals surface area (Å²) in [6.07, 6.45) is 2.60. The number of hydrogen-bond donors (Lipinski definition) is 1. The van der Waals surface area contributed by atoms with Gasteiger partial charge in [0.1, 0.15) is 17.0 Å². The number of thioether (sulfide) groups is 1. The molecule has 0 saturated carbocycles. The summed E-state index contributed by atoms with van der Waals surface area (Å²) in [7, 11) is 0. The SMILES string of the molecule is CCC(C)CSc1ncnc(Cl)c1N. The molecule has 0 aliphatic rings. The van der Waals surface area contributed by atoms with Gasteiger partial charge in [-0.05, 0) is 5.92 Å². The molecule has 0 saturated heterocycles. The van der Waals surface area contributed by atoms with E-state index in [1.54, 1.807) is 11.8 Å². The van der Waals surface area contributed by atoms with Crippen molar-refractivity contribution in [1.82, 2.24) is 9.97 Å². The molecule has 0 aliphatic heterocycles. The van der Waals surface area contributed by atoms with Crippen molar-refractivity contribution in [2.45, 2.75) is 25.3 Å². The lowest BCUT2D eigenvalue weighted by atomic mass is 10.2. The average Bonchev–Trinajstić information content (AvgIpc) is 2.20. The summed E-state index contributed by atoms with van der Waals surface area (Å²) in [4.78, 5) is 7.89. The maximum atomic E-state index is 5.77. The summed E-state index contributed by atoms with van der Waals surface area (Å²) in [6, 6.07) is 0. The van der Waals surface area contributed by atoms with Crippen molar-refractivity contribution in [3.8, 4) is 0 Å². The van der Waals surface area contributed by atoms with Crippen LogP contribution in [-0.4, -0.2) is 15.7 Å². The molecule has 78 valence electrons. The molecule has 0 bridgehead atoms. The molecule has 0 radical (unpaired) electrons. The second-order valence-electron chi connectivity index (χ2n) is 3.21. The zero-order valence-electron chi connectivity index (χ0n) is 8.33.